The number of para-hydroxylation sites is 1. The molecule has 0 unspecified atom stereocenters. The predicted molar refractivity (Wildman–Crippen MR) is 108 cm³/mol. The molecule has 0 fully saturated rings. The molecule has 1 heterocycles. The lowest BCUT2D eigenvalue weighted by atomic mass is 9.57. The monoisotopic (exact) mass is 412 g/mol. The van der Waals surface area contributed by atoms with Crippen LogP contribution < -0.4 is 5.01 Å². The van der Waals surface area contributed by atoms with E-state index in [1.165, 1.54) is 11.1 Å². The van der Waals surface area contributed by atoms with Gasteiger partial charge in [0.05, 0.1) is 30.5 Å². The number of hydrazone groups is 1. The van der Waals surface area contributed by atoms with Crippen LogP contribution in [-0.2, 0) is 28.7 Å². The molecule has 1 aliphatic heterocycles. The van der Waals surface area contributed by atoms with Crippen molar-refractivity contribution in [2.75, 3.05) is 18.2 Å². The Morgan fingerprint density at radius 2 is 1.80 bits per heavy atom. The third-order valence-corrected chi connectivity index (χ3v) is 5.55. The van der Waals surface area contributed by atoms with Gasteiger partial charge in [-0.05, 0) is 39.3 Å². The lowest BCUT2D eigenvalue weighted by Crippen LogP contribution is -2.57. The van der Waals surface area contributed by atoms with Crippen molar-refractivity contribution in [2.45, 2.75) is 27.2 Å². The van der Waals surface area contributed by atoms with E-state index in [9.17, 15) is 19.2 Å². The van der Waals surface area contributed by atoms with Gasteiger partial charge in [0.15, 0.2) is 0 Å². The van der Waals surface area contributed by atoms with E-state index >= 15 is 0 Å². The van der Waals surface area contributed by atoms with E-state index < -0.39 is 35.1 Å². The van der Waals surface area contributed by atoms with Crippen LogP contribution in [0.1, 0.15) is 27.2 Å². The van der Waals surface area contributed by atoms with Gasteiger partial charge in [0, 0.05) is 5.57 Å². The maximum Gasteiger partial charge on any atom is 0.315 e. The summed E-state index contributed by atoms with van der Waals surface area (Å²) < 4.78 is 10.4. The second-order valence-corrected chi connectivity index (χ2v) is 7.05. The van der Waals surface area contributed by atoms with Gasteiger partial charge < -0.3 is 9.47 Å². The molecule has 3 rings (SSSR count). The SMILES string of the molecule is CCOC(=O)[C@@H]1C(C=O)=CC[C@@H](C(=O)OCC)[C@@]12C(=O)N(c1ccccc1)N=C2C. The fraction of sp³-hybridized carbons (Fsp3) is 0.409. The largest absolute Gasteiger partial charge is 0.466 e. The molecular formula is C22H24N2O6. The third-order valence-electron chi connectivity index (χ3n) is 5.55. The first-order valence-corrected chi connectivity index (χ1v) is 9.87. The number of esters is 2. The first kappa shape index (κ1) is 21.4. The summed E-state index contributed by atoms with van der Waals surface area (Å²) in [7, 11) is 0. The predicted octanol–water partition coefficient (Wildman–Crippen LogP) is 2.28. The summed E-state index contributed by atoms with van der Waals surface area (Å²) in [6.45, 7) is 5.07. The highest BCUT2D eigenvalue weighted by atomic mass is 16.5. The number of nitrogens with zero attached hydrogens (tertiary/aromatic N) is 2. The Kier molecular flexibility index (Phi) is 6.14. The molecule has 30 heavy (non-hydrogen) atoms. The molecule has 3 atom stereocenters. The van der Waals surface area contributed by atoms with Gasteiger partial charge in [-0.3, -0.25) is 19.2 Å². The summed E-state index contributed by atoms with van der Waals surface area (Å²) in [6.07, 6.45) is 2.12. The summed E-state index contributed by atoms with van der Waals surface area (Å²) in [5, 5.41) is 5.59. The minimum atomic E-state index is -1.70. The molecule has 8 nitrogen and oxygen atoms in total. The van der Waals surface area contributed by atoms with Crippen molar-refractivity contribution in [1.82, 2.24) is 0 Å². The molecule has 158 valence electrons. The molecule has 1 aromatic rings. The molecule has 0 N–H and O–H groups in total. The topological polar surface area (TPSA) is 102 Å². The Bertz CT molecular complexity index is 923. The lowest BCUT2D eigenvalue weighted by Gasteiger charge is -2.42. The minimum absolute atomic E-state index is 0.0639. The first-order valence-electron chi connectivity index (χ1n) is 9.87. The molecule has 0 saturated heterocycles. The molecule has 8 heteroatoms. The first-order chi connectivity index (χ1) is 14.4. The van der Waals surface area contributed by atoms with Crippen LogP contribution in [0.4, 0.5) is 5.69 Å². The van der Waals surface area contributed by atoms with Gasteiger partial charge in [-0.2, -0.15) is 10.1 Å². The number of aldehydes is 1. The van der Waals surface area contributed by atoms with Gasteiger partial charge in [0.1, 0.15) is 17.6 Å². The van der Waals surface area contributed by atoms with E-state index in [1.807, 2.05) is 0 Å². The minimum Gasteiger partial charge on any atom is -0.466 e. The van der Waals surface area contributed by atoms with Crippen molar-refractivity contribution >= 4 is 35.5 Å². The van der Waals surface area contributed by atoms with Gasteiger partial charge in [0.25, 0.3) is 5.91 Å². The highest BCUT2D eigenvalue weighted by Crippen LogP contribution is 2.52. The van der Waals surface area contributed by atoms with E-state index in [1.54, 1.807) is 51.1 Å². The number of amides is 1. The number of anilines is 1. The Labute approximate surface area is 174 Å². The highest BCUT2D eigenvalue weighted by molar-refractivity contribution is 6.23. The van der Waals surface area contributed by atoms with Crippen LogP contribution in [0.15, 0.2) is 47.1 Å². The number of allylic oxidation sites excluding steroid dienone is 1. The average Bonchev–Trinajstić information content (AvgIpc) is 3.00. The zero-order valence-corrected chi connectivity index (χ0v) is 17.2. The quantitative estimate of drug-likeness (QED) is 0.525. The second-order valence-electron chi connectivity index (χ2n) is 7.05. The van der Waals surface area contributed by atoms with E-state index in [-0.39, 0.29) is 30.9 Å². The third kappa shape index (κ3) is 3.22. The summed E-state index contributed by atoms with van der Waals surface area (Å²) >= 11 is 0. The summed E-state index contributed by atoms with van der Waals surface area (Å²) in [4.78, 5) is 51.6. The van der Waals surface area contributed by atoms with Gasteiger partial charge in [-0.15, -0.1) is 0 Å². The molecule has 0 aromatic heterocycles. The van der Waals surface area contributed by atoms with E-state index in [2.05, 4.69) is 5.10 Å². The van der Waals surface area contributed by atoms with Gasteiger partial charge >= 0.3 is 11.9 Å². The zero-order chi connectivity index (χ0) is 21.9. The molecule has 0 bridgehead atoms. The van der Waals surface area contributed by atoms with Gasteiger partial charge in [0.2, 0.25) is 0 Å². The highest BCUT2D eigenvalue weighted by Gasteiger charge is 2.66. The molecule has 1 aromatic carbocycles. The van der Waals surface area contributed by atoms with Crippen LogP contribution in [0.5, 0.6) is 0 Å². The average molecular weight is 412 g/mol. The fourth-order valence-electron chi connectivity index (χ4n) is 4.30. The van der Waals surface area contributed by atoms with E-state index in [4.69, 9.17) is 9.47 Å². The van der Waals surface area contributed by atoms with Crippen molar-refractivity contribution in [1.29, 1.82) is 0 Å². The lowest BCUT2D eigenvalue weighted by molar-refractivity contribution is -0.162. The number of rotatable bonds is 6. The normalized spacial score (nSPS) is 25.6. The second kappa shape index (κ2) is 8.61. The molecule has 1 aliphatic carbocycles. The van der Waals surface area contributed by atoms with Crippen molar-refractivity contribution in [2.24, 2.45) is 22.4 Å². The smallest absolute Gasteiger partial charge is 0.315 e. The van der Waals surface area contributed by atoms with Crippen LogP contribution in [-0.4, -0.2) is 43.1 Å². The van der Waals surface area contributed by atoms with Crippen molar-refractivity contribution < 1.29 is 28.7 Å². The number of carbonyl (C=O) groups excluding carboxylic acids is 4. The maximum atomic E-state index is 13.8. The number of hydrogen-bond donors (Lipinski definition) is 0. The summed E-state index contributed by atoms with van der Waals surface area (Å²) in [5.41, 5.74) is -0.836. The van der Waals surface area contributed by atoms with Crippen LogP contribution in [0.2, 0.25) is 0 Å². The van der Waals surface area contributed by atoms with E-state index in [0.717, 1.165) is 0 Å². The van der Waals surface area contributed by atoms with Gasteiger partial charge in [-0.25, -0.2) is 0 Å². The number of hydrogen-bond acceptors (Lipinski definition) is 7. The Balaban J connectivity index is 2.22. The fourth-order valence-corrected chi connectivity index (χ4v) is 4.30. The Morgan fingerprint density at radius 1 is 1.17 bits per heavy atom. The van der Waals surface area contributed by atoms with Crippen molar-refractivity contribution in [3.63, 3.8) is 0 Å². The standard InChI is InChI=1S/C22H24N2O6/c1-4-29-19(26)17-12-11-15(13-25)18(20(27)30-5-2)22(17)14(3)23-24(21(22)28)16-9-7-6-8-10-16/h6-11,13,17-18H,4-5,12H2,1-3H3/t17-,18-,22+/m0/s1. The Hall–Kier alpha value is -3.29. The maximum absolute atomic E-state index is 13.8. The number of benzene rings is 1. The summed E-state index contributed by atoms with van der Waals surface area (Å²) in [6, 6.07) is 8.70. The number of carbonyl (C=O) groups is 4. The van der Waals surface area contributed by atoms with Crippen LogP contribution >= 0.6 is 0 Å². The number of ether oxygens (including phenoxy) is 2. The Morgan fingerprint density at radius 3 is 2.40 bits per heavy atom. The van der Waals surface area contributed by atoms with E-state index in [0.29, 0.717) is 12.0 Å². The molecule has 2 aliphatic rings. The molecule has 1 amide bonds. The van der Waals surface area contributed by atoms with Crippen LogP contribution in [0.3, 0.4) is 0 Å². The zero-order valence-electron chi connectivity index (χ0n) is 17.2. The molecular weight excluding hydrogens is 388 g/mol. The van der Waals surface area contributed by atoms with Crippen LogP contribution in [0, 0.1) is 17.3 Å². The molecule has 0 saturated carbocycles. The van der Waals surface area contributed by atoms with Crippen LogP contribution in [0.25, 0.3) is 0 Å². The van der Waals surface area contributed by atoms with Crippen molar-refractivity contribution in [3.8, 4) is 0 Å². The van der Waals surface area contributed by atoms with Gasteiger partial charge in [-0.1, -0.05) is 24.3 Å². The molecule has 0 radical (unpaired) electrons. The molecule has 1 spiro atoms. The van der Waals surface area contributed by atoms with Crippen molar-refractivity contribution in [3.05, 3.63) is 42.0 Å². The summed E-state index contributed by atoms with van der Waals surface area (Å²) in [5.74, 6) is -4.23.